The quantitative estimate of drug-likeness (QED) is 0.623. The molecule has 1 aliphatic carbocycles. The molecule has 2 aromatic rings. The Hall–Kier alpha value is -2.89. The lowest BCUT2D eigenvalue weighted by Gasteiger charge is -2.06. The molecule has 1 heterocycles. The minimum atomic E-state index is -0.524. The highest BCUT2D eigenvalue weighted by Gasteiger charge is 2.24. The van der Waals surface area contributed by atoms with E-state index in [4.69, 9.17) is 9.47 Å². The third kappa shape index (κ3) is 3.79. The van der Waals surface area contributed by atoms with Gasteiger partial charge in [-0.1, -0.05) is 6.07 Å². The van der Waals surface area contributed by atoms with Crippen molar-refractivity contribution in [3.63, 3.8) is 0 Å². The summed E-state index contributed by atoms with van der Waals surface area (Å²) >= 11 is 0. The molecule has 0 fully saturated rings. The van der Waals surface area contributed by atoms with Crippen molar-refractivity contribution in [2.75, 3.05) is 13.2 Å². The molecule has 6 nitrogen and oxygen atoms in total. The predicted octanol–water partition coefficient (Wildman–Crippen LogP) is 3.34. The first-order valence-corrected chi connectivity index (χ1v) is 9.10. The topological polar surface area (TPSA) is 85.5 Å². The smallest absolute Gasteiger partial charge is 0.340 e. The molecular weight excluding hydrogens is 346 g/mol. The average Bonchev–Trinajstić information content (AvgIpc) is 3.22. The lowest BCUT2D eigenvalue weighted by atomic mass is 10.1. The fourth-order valence-electron chi connectivity index (χ4n) is 3.52. The van der Waals surface area contributed by atoms with Crippen molar-refractivity contribution in [1.29, 1.82) is 0 Å². The number of fused-ring (bicyclic) bond motifs is 1. The van der Waals surface area contributed by atoms with E-state index < -0.39 is 11.9 Å². The number of ether oxygens (including phenoxy) is 2. The number of rotatable bonds is 6. The van der Waals surface area contributed by atoms with Crippen LogP contribution in [0.2, 0.25) is 0 Å². The molecule has 0 atom stereocenters. The Labute approximate surface area is 157 Å². The molecule has 1 aliphatic rings. The molecule has 1 N–H and O–H groups in total. The van der Waals surface area contributed by atoms with Crippen LogP contribution in [-0.4, -0.2) is 35.9 Å². The van der Waals surface area contributed by atoms with Crippen LogP contribution in [0, 0.1) is 13.8 Å². The predicted molar refractivity (Wildman–Crippen MR) is 99.3 cm³/mol. The van der Waals surface area contributed by atoms with Crippen molar-refractivity contribution in [3.05, 3.63) is 57.4 Å². The first-order chi connectivity index (χ1) is 12.9. The van der Waals surface area contributed by atoms with Crippen molar-refractivity contribution in [2.24, 2.45) is 0 Å². The summed E-state index contributed by atoms with van der Waals surface area (Å²) in [4.78, 5) is 39.7. The minimum Gasteiger partial charge on any atom is -0.462 e. The van der Waals surface area contributed by atoms with Crippen LogP contribution in [0.4, 0.5) is 0 Å². The molecule has 142 valence electrons. The van der Waals surface area contributed by atoms with Gasteiger partial charge in [-0.3, -0.25) is 4.79 Å². The third-order valence-corrected chi connectivity index (χ3v) is 4.86. The van der Waals surface area contributed by atoms with E-state index in [0.717, 1.165) is 19.3 Å². The summed E-state index contributed by atoms with van der Waals surface area (Å²) in [7, 11) is 0. The number of hydrogen-bond acceptors (Lipinski definition) is 5. The van der Waals surface area contributed by atoms with E-state index in [1.54, 1.807) is 26.8 Å². The summed E-state index contributed by atoms with van der Waals surface area (Å²) in [6.45, 7) is 4.96. The van der Waals surface area contributed by atoms with E-state index >= 15 is 0 Å². The van der Waals surface area contributed by atoms with Crippen LogP contribution in [-0.2, 0) is 22.3 Å². The molecule has 0 saturated heterocycles. The zero-order valence-electron chi connectivity index (χ0n) is 15.8. The Kier molecular flexibility index (Phi) is 5.44. The van der Waals surface area contributed by atoms with E-state index in [1.165, 1.54) is 11.1 Å². The first kappa shape index (κ1) is 18.9. The van der Waals surface area contributed by atoms with Crippen molar-refractivity contribution in [2.45, 2.75) is 40.0 Å². The molecule has 0 aliphatic heterocycles. The summed E-state index contributed by atoms with van der Waals surface area (Å²) in [6.07, 6.45) is 3.10. The van der Waals surface area contributed by atoms with Gasteiger partial charge in [-0.25, -0.2) is 9.59 Å². The monoisotopic (exact) mass is 369 g/mol. The van der Waals surface area contributed by atoms with E-state index in [9.17, 15) is 14.4 Å². The Morgan fingerprint density at radius 2 is 1.78 bits per heavy atom. The second-order valence-electron chi connectivity index (χ2n) is 6.68. The van der Waals surface area contributed by atoms with Gasteiger partial charge in [-0.05, 0) is 68.9 Å². The lowest BCUT2D eigenvalue weighted by molar-refractivity contribution is 0.0472. The molecule has 1 aromatic heterocycles. The Bertz CT molecular complexity index is 910. The van der Waals surface area contributed by atoms with E-state index in [0.29, 0.717) is 22.4 Å². The van der Waals surface area contributed by atoms with Gasteiger partial charge in [0.15, 0.2) is 6.61 Å². The third-order valence-electron chi connectivity index (χ3n) is 4.86. The molecule has 3 rings (SSSR count). The van der Waals surface area contributed by atoms with Crippen LogP contribution in [0.15, 0.2) is 18.2 Å². The molecule has 0 bridgehead atoms. The zero-order valence-corrected chi connectivity index (χ0v) is 15.8. The maximum Gasteiger partial charge on any atom is 0.340 e. The van der Waals surface area contributed by atoms with Crippen LogP contribution in [0.5, 0.6) is 0 Å². The van der Waals surface area contributed by atoms with Gasteiger partial charge in [0.1, 0.15) is 0 Å². The fraction of sp³-hybridized carbons (Fsp3) is 0.381. The lowest BCUT2D eigenvalue weighted by Crippen LogP contribution is -2.16. The number of hydrogen-bond donors (Lipinski definition) is 1. The van der Waals surface area contributed by atoms with Gasteiger partial charge in [0, 0.05) is 5.69 Å². The van der Waals surface area contributed by atoms with Crippen LogP contribution < -0.4 is 0 Å². The summed E-state index contributed by atoms with van der Waals surface area (Å²) < 4.78 is 10.2. The van der Waals surface area contributed by atoms with Crippen LogP contribution >= 0.6 is 0 Å². The van der Waals surface area contributed by atoms with Crippen molar-refractivity contribution < 1.29 is 23.9 Å². The van der Waals surface area contributed by atoms with E-state index in [1.807, 2.05) is 12.1 Å². The van der Waals surface area contributed by atoms with Gasteiger partial charge in [0.2, 0.25) is 5.78 Å². The SMILES string of the molecule is CCOC(=O)c1c(C)[nH]c(C(=O)COC(=O)c2ccc3c(c2)CCC3)c1C. The summed E-state index contributed by atoms with van der Waals surface area (Å²) in [6, 6.07) is 5.53. The Balaban J connectivity index is 1.68. The second-order valence-corrected chi connectivity index (χ2v) is 6.68. The number of carbonyl (C=O) groups excluding carboxylic acids is 3. The van der Waals surface area contributed by atoms with E-state index in [2.05, 4.69) is 4.98 Å². The van der Waals surface area contributed by atoms with Crippen molar-refractivity contribution in [1.82, 2.24) is 4.98 Å². The van der Waals surface area contributed by atoms with Gasteiger partial charge < -0.3 is 14.5 Å². The normalized spacial score (nSPS) is 12.6. The molecule has 0 unspecified atom stereocenters. The number of Topliss-reactive ketones (excluding diaryl/α,β-unsaturated/α-hetero) is 1. The standard InChI is InChI=1S/C21H23NO5/c1-4-26-21(25)18-12(2)19(22-13(18)3)17(23)11-27-20(24)16-9-8-14-6-5-7-15(14)10-16/h8-10,22H,4-7,11H2,1-3H3. The number of esters is 2. The highest BCUT2D eigenvalue weighted by Crippen LogP contribution is 2.23. The highest BCUT2D eigenvalue weighted by molar-refractivity contribution is 6.03. The number of aryl methyl sites for hydroxylation is 3. The highest BCUT2D eigenvalue weighted by atomic mass is 16.5. The maximum absolute atomic E-state index is 12.5. The van der Waals surface area contributed by atoms with Gasteiger partial charge in [0.05, 0.1) is 23.4 Å². The molecular formula is C21H23NO5. The largest absolute Gasteiger partial charge is 0.462 e. The van der Waals surface area contributed by atoms with Gasteiger partial charge in [0.25, 0.3) is 0 Å². The molecule has 0 radical (unpaired) electrons. The number of ketones is 1. The van der Waals surface area contributed by atoms with Crippen molar-refractivity contribution in [3.8, 4) is 0 Å². The summed E-state index contributed by atoms with van der Waals surface area (Å²) in [5.74, 6) is -1.39. The fourth-order valence-corrected chi connectivity index (χ4v) is 3.52. The number of H-pyrrole nitrogens is 1. The number of aromatic amines is 1. The van der Waals surface area contributed by atoms with Crippen molar-refractivity contribution >= 4 is 17.7 Å². The Morgan fingerprint density at radius 3 is 2.52 bits per heavy atom. The molecule has 1 aromatic carbocycles. The number of benzene rings is 1. The minimum absolute atomic E-state index is 0.255. The molecule has 0 saturated carbocycles. The van der Waals surface area contributed by atoms with Crippen LogP contribution in [0.1, 0.15) is 66.9 Å². The number of nitrogens with one attached hydrogen (secondary N) is 1. The number of carbonyl (C=O) groups is 3. The molecule has 27 heavy (non-hydrogen) atoms. The average molecular weight is 369 g/mol. The summed E-state index contributed by atoms with van der Waals surface area (Å²) in [5, 5.41) is 0. The zero-order chi connectivity index (χ0) is 19.6. The van der Waals surface area contributed by atoms with Gasteiger partial charge >= 0.3 is 11.9 Å². The molecule has 0 spiro atoms. The molecule has 6 heteroatoms. The van der Waals surface area contributed by atoms with Crippen LogP contribution in [0.3, 0.4) is 0 Å². The second kappa shape index (κ2) is 7.78. The summed E-state index contributed by atoms with van der Waals surface area (Å²) in [5.41, 5.74) is 4.57. The van der Waals surface area contributed by atoms with E-state index in [-0.39, 0.29) is 24.7 Å². The maximum atomic E-state index is 12.5. The number of aromatic nitrogens is 1. The first-order valence-electron chi connectivity index (χ1n) is 9.10. The Morgan fingerprint density at radius 1 is 1.04 bits per heavy atom. The van der Waals surface area contributed by atoms with Gasteiger partial charge in [-0.2, -0.15) is 0 Å². The van der Waals surface area contributed by atoms with Gasteiger partial charge in [-0.15, -0.1) is 0 Å². The van der Waals surface area contributed by atoms with Crippen LogP contribution in [0.25, 0.3) is 0 Å². The molecule has 0 amide bonds.